The first kappa shape index (κ1) is 20.9. The number of nitrogens with one attached hydrogen (secondary N) is 1. The Labute approximate surface area is 162 Å². The summed E-state index contributed by atoms with van der Waals surface area (Å²) in [7, 11) is 1.92. The van der Waals surface area contributed by atoms with Gasteiger partial charge >= 0.3 is 12.1 Å². The lowest BCUT2D eigenvalue weighted by Crippen LogP contribution is -2.46. The highest BCUT2D eigenvalue weighted by molar-refractivity contribution is 6.03. The number of benzene rings is 1. The molecule has 0 radical (unpaired) electrons. The number of carbonyl (C=O) groups is 2. The fraction of sp³-hybridized carbons (Fsp3) is 0.600. The van der Waals surface area contributed by atoms with Crippen molar-refractivity contribution in [1.82, 2.24) is 14.7 Å². The molecule has 1 aromatic carbocycles. The normalized spacial score (nSPS) is 12.3. The molecule has 1 aromatic heterocycles. The number of esters is 1. The summed E-state index contributed by atoms with van der Waals surface area (Å²) in [6.45, 7) is 12.3. The number of amides is 1. The third-order valence-electron chi connectivity index (χ3n) is 4.26. The first-order valence-electron chi connectivity index (χ1n) is 9.27. The Balaban J connectivity index is 0.00000392. The molecule has 7 heteroatoms. The maximum Gasteiger partial charge on any atom is 0.408 e. The second kappa shape index (κ2) is 7.66. The Hall–Kier alpha value is -2.44. The monoisotopic (exact) mass is 379 g/mol. The molecule has 2 rings (SSSR count). The van der Waals surface area contributed by atoms with E-state index in [1.165, 1.54) is 0 Å². The molecule has 0 saturated carbocycles. The third-order valence-corrected chi connectivity index (χ3v) is 4.26. The average molecular weight is 380 g/mol. The number of ether oxygens (including phenoxy) is 2. The van der Waals surface area contributed by atoms with E-state index in [1.54, 1.807) is 13.0 Å². The Morgan fingerprint density at radius 3 is 2.44 bits per heavy atom. The molecule has 0 aliphatic heterocycles. The number of alkyl carbamates (subject to hydrolysis) is 1. The number of fused-ring (bicyclic) bond motifs is 1. The van der Waals surface area contributed by atoms with Crippen LogP contribution in [-0.4, -0.2) is 39.2 Å². The summed E-state index contributed by atoms with van der Waals surface area (Å²) < 4.78 is 14.5. The first-order valence-corrected chi connectivity index (χ1v) is 9.27. The number of rotatable bonds is 6. The van der Waals surface area contributed by atoms with Crippen LogP contribution in [0, 0.1) is 0 Å². The lowest BCUT2D eigenvalue weighted by atomic mass is 10.0. The molecule has 0 bridgehead atoms. The summed E-state index contributed by atoms with van der Waals surface area (Å²) in [5.74, 6) is -0.312. The first-order chi connectivity index (χ1) is 12.4. The predicted molar refractivity (Wildman–Crippen MR) is 107 cm³/mol. The van der Waals surface area contributed by atoms with Crippen molar-refractivity contribution in [3.8, 4) is 0 Å². The van der Waals surface area contributed by atoms with Gasteiger partial charge in [-0.3, -0.25) is 9.36 Å². The van der Waals surface area contributed by atoms with Crippen LogP contribution in [0.1, 0.15) is 59.7 Å². The van der Waals surface area contributed by atoms with E-state index in [-0.39, 0.29) is 7.40 Å². The number of hydrogen-bond donors (Lipinski definition) is 1. The highest BCUT2D eigenvalue weighted by atomic mass is 16.6. The van der Waals surface area contributed by atoms with Crippen molar-refractivity contribution >= 4 is 23.1 Å². The quantitative estimate of drug-likeness (QED) is 0.767. The summed E-state index contributed by atoms with van der Waals surface area (Å²) in [6, 6.07) is 5.61. The molecule has 1 N–H and O–H groups in total. The Kier molecular flexibility index (Phi) is 5.92. The molecule has 0 unspecified atom stereocenters. The van der Waals surface area contributed by atoms with E-state index in [2.05, 4.69) is 10.00 Å². The van der Waals surface area contributed by atoms with Crippen molar-refractivity contribution in [2.75, 3.05) is 6.61 Å². The van der Waals surface area contributed by atoms with E-state index >= 15 is 0 Å². The van der Waals surface area contributed by atoms with Gasteiger partial charge in [0.1, 0.15) is 5.60 Å². The molecular weight excluding hydrogens is 346 g/mol. The van der Waals surface area contributed by atoms with Crippen LogP contribution in [0.15, 0.2) is 18.2 Å². The standard InChI is InChI=1S/C20H31N3O4.H2/c1-8-26-17(24)14-10-9-11-15-16(14)22(7)23(15)13-12-20(5,6)21-18(25)27-19(2,3)4;/h9-11H,8,12-13H2,1-7H3,(H,21,25);1H. The number of hydrogen-bond acceptors (Lipinski definition) is 4. The lowest BCUT2D eigenvalue weighted by Gasteiger charge is -2.31. The van der Waals surface area contributed by atoms with Gasteiger partial charge in [-0.15, -0.1) is 0 Å². The molecule has 0 saturated heterocycles. The fourth-order valence-electron chi connectivity index (χ4n) is 2.99. The maximum atomic E-state index is 12.1. The van der Waals surface area contributed by atoms with Crippen LogP contribution in [0.25, 0.3) is 11.0 Å². The molecule has 0 spiro atoms. The van der Waals surface area contributed by atoms with Gasteiger partial charge in [0, 0.05) is 20.6 Å². The number of para-hydroxylation sites is 1. The predicted octanol–water partition coefficient (Wildman–Crippen LogP) is 4.10. The third kappa shape index (κ3) is 5.05. The highest BCUT2D eigenvalue weighted by Crippen LogP contribution is 2.25. The Bertz CT molecular complexity index is 830. The molecule has 152 valence electrons. The molecule has 2 aromatic rings. The summed E-state index contributed by atoms with van der Waals surface area (Å²) >= 11 is 0. The van der Waals surface area contributed by atoms with Crippen LogP contribution in [0.2, 0.25) is 0 Å². The largest absolute Gasteiger partial charge is 0.462 e. The summed E-state index contributed by atoms with van der Waals surface area (Å²) in [6.07, 6.45) is 0.286. The van der Waals surface area contributed by atoms with Crippen LogP contribution in [0.5, 0.6) is 0 Å². The maximum absolute atomic E-state index is 12.1. The molecule has 1 heterocycles. The van der Waals surface area contributed by atoms with Gasteiger partial charge in [-0.25, -0.2) is 9.59 Å². The van der Waals surface area contributed by atoms with Crippen molar-refractivity contribution in [3.05, 3.63) is 23.8 Å². The van der Waals surface area contributed by atoms with Crippen LogP contribution in [0.3, 0.4) is 0 Å². The van der Waals surface area contributed by atoms with E-state index in [9.17, 15) is 9.59 Å². The van der Waals surface area contributed by atoms with Crippen LogP contribution >= 0.6 is 0 Å². The SMILES string of the molecule is CCOC(=O)c1cccc2c1n(C)n2CCC(C)(C)NC(=O)OC(C)(C)C.[HH]. The van der Waals surface area contributed by atoms with Crippen molar-refractivity contribution in [1.29, 1.82) is 0 Å². The van der Waals surface area contributed by atoms with Crippen LogP contribution < -0.4 is 5.32 Å². The van der Waals surface area contributed by atoms with Crippen molar-refractivity contribution in [2.45, 2.75) is 65.6 Å². The van der Waals surface area contributed by atoms with E-state index in [0.717, 1.165) is 11.0 Å². The second-order valence-corrected chi connectivity index (χ2v) is 8.30. The summed E-state index contributed by atoms with van der Waals surface area (Å²) in [5.41, 5.74) is 1.46. The second-order valence-electron chi connectivity index (χ2n) is 8.30. The van der Waals surface area contributed by atoms with E-state index in [1.807, 2.05) is 58.5 Å². The zero-order valence-corrected chi connectivity index (χ0v) is 17.4. The van der Waals surface area contributed by atoms with Gasteiger partial charge in [0.2, 0.25) is 0 Å². The minimum atomic E-state index is -0.527. The van der Waals surface area contributed by atoms with Gasteiger partial charge in [-0.05, 0) is 60.1 Å². The van der Waals surface area contributed by atoms with Gasteiger partial charge in [0.15, 0.2) is 0 Å². The van der Waals surface area contributed by atoms with Crippen LogP contribution in [0.4, 0.5) is 4.79 Å². The number of carbonyl (C=O) groups excluding carboxylic acids is 2. The molecular formula is C20H33N3O4. The fourth-order valence-corrected chi connectivity index (χ4v) is 2.99. The molecule has 0 aliphatic rings. The van der Waals surface area contributed by atoms with Gasteiger partial charge in [-0.2, -0.15) is 0 Å². The molecule has 0 aliphatic carbocycles. The summed E-state index contributed by atoms with van der Waals surface area (Å²) in [5, 5.41) is 2.92. The topological polar surface area (TPSA) is 74.5 Å². The minimum absolute atomic E-state index is 0. The highest BCUT2D eigenvalue weighted by Gasteiger charge is 2.26. The van der Waals surface area contributed by atoms with Crippen molar-refractivity contribution in [2.24, 2.45) is 7.05 Å². The van der Waals surface area contributed by atoms with E-state index in [4.69, 9.17) is 9.47 Å². The lowest BCUT2D eigenvalue weighted by molar-refractivity contribution is 0.0462. The van der Waals surface area contributed by atoms with Crippen molar-refractivity contribution in [3.63, 3.8) is 0 Å². The number of aryl methyl sites for hydroxylation is 2. The number of nitrogens with zero attached hydrogens (tertiary/aromatic N) is 2. The van der Waals surface area contributed by atoms with Gasteiger partial charge in [0.05, 0.1) is 23.2 Å². The molecule has 1 amide bonds. The van der Waals surface area contributed by atoms with Gasteiger partial charge in [0.25, 0.3) is 0 Å². The Morgan fingerprint density at radius 1 is 1.19 bits per heavy atom. The zero-order valence-electron chi connectivity index (χ0n) is 17.4. The smallest absolute Gasteiger partial charge is 0.408 e. The molecule has 7 nitrogen and oxygen atoms in total. The van der Waals surface area contributed by atoms with E-state index < -0.39 is 17.2 Å². The van der Waals surface area contributed by atoms with Crippen LogP contribution in [-0.2, 0) is 23.1 Å². The van der Waals surface area contributed by atoms with Gasteiger partial charge in [-0.1, -0.05) is 6.07 Å². The summed E-state index contributed by atoms with van der Waals surface area (Å²) in [4.78, 5) is 24.2. The average Bonchev–Trinajstić information content (AvgIpc) is 2.51. The van der Waals surface area contributed by atoms with Gasteiger partial charge < -0.3 is 14.8 Å². The number of aromatic nitrogens is 2. The van der Waals surface area contributed by atoms with E-state index in [0.29, 0.717) is 25.1 Å². The van der Waals surface area contributed by atoms with Crippen molar-refractivity contribution < 1.29 is 20.5 Å². The Morgan fingerprint density at radius 2 is 1.85 bits per heavy atom. The molecule has 0 fully saturated rings. The molecule has 27 heavy (non-hydrogen) atoms. The zero-order chi connectivity index (χ0) is 20.4. The molecule has 0 atom stereocenters. The minimum Gasteiger partial charge on any atom is -0.462 e.